The number of alkyl halides is 3. The number of likely N-dealkylation sites (N-methyl/N-ethyl adjacent to an activating group) is 1. The first-order valence-electron chi connectivity index (χ1n) is 11.5. The van der Waals surface area contributed by atoms with E-state index in [-0.39, 0.29) is 6.54 Å². The first kappa shape index (κ1) is 30.1. The zero-order valence-electron chi connectivity index (χ0n) is 20.9. The van der Waals surface area contributed by atoms with Crippen molar-refractivity contribution < 1.29 is 45.5 Å². The van der Waals surface area contributed by atoms with Crippen LogP contribution in [-0.4, -0.2) is 85.5 Å². The highest BCUT2D eigenvalue weighted by Crippen LogP contribution is 2.31. The lowest BCUT2D eigenvalue weighted by atomic mass is 10.2. The molecule has 1 heterocycles. The Balaban J connectivity index is 2.48. The Labute approximate surface area is 213 Å². The standard InChI is InChI=1S/C23H30F3N3O7S/c1-5-27(6-2)12-13-28-22(32)29(16(3)4)19(35-20(30)10-11-21(31)36-28)15-37(33,34)18-9-7-8-17(14-18)23(24,25)26/h7-11,14,16,19H,5-6,12-13,15H2,1-4H3/b11-10-. The third kappa shape index (κ3) is 8.18. The van der Waals surface area contributed by atoms with Gasteiger partial charge in [-0.25, -0.2) is 22.8 Å². The zero-order chi connectivity index (χ0) is 28.0. The average Bonchev–Trinajstić information content (AvgIpc) is 2.81. The van der Waals surface area contributed by atoms with Crippen LogP contribution in [0.25, 0.3) is 0 Å². The summed E-state index contributed by atoms with van der Waals surface area (Å²) < 4.78 is 70.9. The van der Waals surface area contributed by atoms with Gasteiger partial charge in [0.05, 0.1) is 17.0 Å². The maximum absolute atomic E-state index is 13.5. The summed E-state index contributed by atoms with van der Waals surface area (Å²) in [5.74, 6) is -3.20. The number of rotatable bonds is 9. The van der Waals surface area contributed by atoms with E-state index >= 15 is 0 Å². The normalized spacial score (nSPS) is 18.7. The van der Waals surface area contributed by atoms with Gasteiger partial charge in [-0.1, -0.05) is 19.9 Å². The van der Waals surface area contributed by atoms with Crippen LogP contribution in [0.3, 0.4) is 0 Å². The molecule has 0 spiro atoms. The van der Waals surface area contributed by atoms with Crippen LogP contribution in [0.4, 0.5) is 18.0 Å². The summed E-state index contributed by atoms with van der Waals surface area (Å²) in [5, 5.41) is 0.744. The summed E-state index contributed by atoms with van der Waals surface area (Å²) in [6.45, 7) is 8.36. The smallest absolute Gasteiger partial charge is 0.416 e. The molecule has 1 aliphatic rings. The van der Waals surface area contributed by atoms with Gasteiger partial charge >= 0.3 is 24.1 Å². The van der Waals surface area contributed by atoms with Crippen molar-refractivity contribution in [2.24, 2.45) is 0 Å². The Morgan fingerprint density at radius 2 is 1.68 bits per heavy atom. The molecule has 37 heavy (non-hydrogen) atoms. The number of hydrogen-bond acceptors (Lipinski definition) is 8. The summed E-state index contributed by atoms with van der Waals surface area (Å²) in [6, 6.07) is 1.39. The number of hydrogen-bond donors (Lipinski definition) is 0. The molecule has 1 unspecified atom stereocenters. The molecule has 0 N–H and O–H groups in total. The molecule has 0 fully saturated rings. The Kier molecular flexibility index (Phi) is 10.1. The summed E-state index contributed by atoms with van der Waals surface area (Å²) in [6.07, 6.45) is -5.09. The molecule has 0 saturated carbocycles. The van der Waals surface area contributed by atoms with E-state index in [1.54, 1.807) is 0 Å². The molecule has 14 heteroatoms. The molecule has 2 rings (SSSR count). The highest BCUT2D eigenvalue weighted by molar-refractivity contribution is 7.91. The zero-order valence-corrected chi connectivity index (χ0v) is 21.7. The number of nitrogens with zero attached hydrogens (tertiary/aromatic N) is 3. The number of halogens is 3. The second-order valence-electron chi connectivity index (χ2n) is 8.35. The highest BCUT2D eigenvalue weighted by Gasteiger charge is 2.39. The summed E-state index contributed by atoms with van der Waals surface area (Å²) >= 11 is 0. The minimum atomic E-state index is -4.78. The van der Waals surface area contributed by atoms with E-state index in [4.69, 9.17) is 9.57 Å². The fraction of sp³-hybridized carbons (Fsp3) is 0.522. The van der Waals surface area contributed by atoms with E-state index in [9.17, 15) is 36.0 Å². The lowest BCUT2D eigenvalue weighted by Crippen LogP contribution is -2.56. The van der Waals surface area contributed by atoms with Gasteiger partial charge in [0, 0.05) is 24.7 Å². The molecule has 0 aliphatic carbocycles. The molecule has 206 valence electrons. The number of urea groups is 1. The fourth-order valence-corrected chi connectivity index (χ4v) is 4.92. The molecule has 1 aromatic rings. The minimum absolute atomic E-state index is 0.0790. The van der Waals surface area contributed by atoms with E-state index in [0.717, 1.165) is 34.2 Å². The second kappa shape index (κ2) is 12.4. The van der Waals surface area contributed by atoms with Crippen LogP contribution in [0.15, 0.2) is 41.3 Å². The van der Waals surface area contributed by atoms with Crippen molar-refractivity contribution in [3.8, 4) is 0 Å². The van der Waals surface area contributed by atoms with Gasteiger partial charge in [-0.05, 0) is 45.1 Å². The number of carbonyl (C=O) groups excluding carboxylic acids is 3. The van der Waals surface area contributed by atoms with Crippen molar-refractivity contribution in [3.05, 3.63) is 42.0 Å². The van der Waals surface area contributed by atoms with Crippen molar-refractivity contribution >= 4 is 27.8 Å². The molecule has 0 radical (unpaired) electrons. The maximum atomic E-state index is 13.5. The fourth-order valence-electron chi connectivity index (χ4n) is 3.53. The number of cyclic esters (lactones) is 1. The van der Waals surface area contributed by atoms with Crippen LogP contribution in [0, 0.1) is 0 Å². The van der Waals surface area contributed by atoms with Crippen molar-refractivity contribution in [2.75, 3.05) is 31.9 Å². The van der Waals surface area contributed by atoms with Gasteiger partial charge in [-0.2, -0.15) is 18.2 Å². The van der Waals surface area contributed by atoms with Crippen LogP contribution in [0.5, 0.6) is 0 Å². The lowest BCUT2D eigenvalue weighted by Gasteiger charge is -2.37. The van der Waals surface area contributed by atoms with E-state index in [0.29, 0.717) is 31.8 Å². The summed E-state index contributed by atoms with van der Waals surface area (Å²) in [7, 11) is -4.50. The van der Waals surface area contributed by atoms with Gasteiger partial charge in [0.25, 0.3) is 0 Å². The van der Waals surface area contributed by atoms with Gasteiger partial charge in [-0.15, -0.1) is 0 Å². The number of benzene rings is 1. The average molecular weight is 550 g/mol. The molecule has 1 aromatic carbocycles. The van der Waals surface area contributed by atoms with E-state index in [1.165, 1.54) is 13.8 Å². The van der Waals surface area contributed by atoms with Crippen LogP contribution < -0.4 is 0 Å². The molecule has 10 nitrogen and oxygen atoms in total. The molecular formula is C23H30F3N3O7S. The summed E-state index contributed by atoms with van der Waals surface area (Å²) in [4.78, 5) is 45.2. The Morgan fingerprint density at radius 1 is 1.05 bits per heavy atom. The van der Waals surface area contributed by atoms with Crippen LogP contribution >= 0.6 is 0 Å². The molecule has 2 amide bonds. The van der Waals surface area contributed by atoms with Gasteiger partial charge in [0.15, 0.2) is 16.1 Å². The lowest BCUT2D eigenvalue weighted by molar-refractivity contribution is -0.179. The molecule has 1 atom stereocenters. The predicted molar refractivity (Wildman–Crippen MR) is 125 cm³/mol. The second-order valence-corrected chi connectivity index (χ2v) is 10.4. The molecule has 0 aromatic heterocycles. The SMILES string of the molecule is CCN(CC)CCN1OC(=O)/C=C\C(=O)OC(CS(=O)(=O)c2cccc(C(F)(F)F)c2)N(C(C)C)C1=O. The van der Waals surface area contributed by atoms with Crippen molar-refractivity contribution in [3.63, 3.8) is 0 Å². The minimum Gasteiger partial charge on any atom is -0.437 e. The molecular weight excluding hydrogens is 519 g/mol. The number of esters is 1. The van der Waals surface area contributed by atoms with Gasteiger partial charge in [-0.3, -0.25) is 4.90 Å². The van der Waals surface area contributed by atoms with Crippen molar-refractivity contribution in [1.29, 1.82) is 0 Å². The predicted octanol–water partition coefficient (Wildman–Crippen LogP) is 2.85. The Bertz CT molecular complexity index is 1120. The molecule has 0 bridgehead atoms. The van der Waals surface area contributed by atoms with Crippen LogP contribution in [0.2, 0.25) is 0 Å². The Morgan fingerprint density at radius 3 is 2.24 bits per heavy atom. The summed E-state index contributed by atoms with van der Waals surface area (Å²) in [5.41, 5.74) is -1.18. The monoisotopic (exact) mass is 549 g/mol. The van der Waals surface area contributed by atoms with E-state index < -0.39 is 62.5 Å². The molecule has 0 saturated heterocycles. The van der Waals surface area contributed by atoms with Gasteiger partial charge < -0.3 is 14.5 Å². The van der Waals surface area contributed by atoms with Crippen LogP contribution in [-0.2, 0) is 35.2 Å². The number of ether oxygens (including phenoxy) is 1. The maximum Gasteiger partial charge on any atom is 0.416 e. The van der Waals surface area contributed by atoms with E-state index in [1.807, 2.05) is 18.7 Å². The third-order valence-corrected chi connectivity index (χ3v) is 7.20. The number of amides is 2. The topological polar surface area (TPSA) is 114 Å². The third-order valence-electron chi connectivity index (χ3n) is 5.50. The van der Waals surface area contributed by atoms with Crippen molar-refractivity contribution in [2.45, 2.75) is 51.0 Å². The van der Waals surface area contributed by atoms with Crippen molar-refractivity contribution in [1.82, 2.24) is 14.9 Å². The first-order valence-corrected chi connectivity index (χ1v) is 13.2. The number of hydroxylamine groups is 2. The van der Waals surface area contributed by atoms with Gasteiger partial charge in [0.1, 0.15) is 5.75 Å². The van der Waals surface area contributed by atoms with Gasteiger partial charge in [0.2, 0.25) is 0 Å². The highest BCUT2D eigenvalue weighted by atomic mass is 32.2. The quantitative estimate of drug-likeness (QED) is 0.432. The number of sulfone groups is 1. The molecule has 1 aliphatic heterocycles. The largest absolute Gasteiger partial charge is 0.437 e. The van der Waals surface area contributed by atoms with Crippen LogP contribution in [0.1, 0.15) is 33.3 Å². The van der Waals surface area contributed by atoms with E-state index in [2.05, 4.69) is 0 Å². The first-order chi connectivity index (χ1) is 17.2. The number of carbonyl (C=O) groups is 3. The Hall–Kier alpha value is -3.13.